The number of methoxy groups -OCH3 is 1. The van der Waals surface area contributed by atoms with Gasteiger partial charge < -0.3 is 9.64 Å². The summed E-state index contributed by atoms with van der Waals surface area (Å²) in [5.41, 5.74) is 1.20. The number of benzene rings is 1. The molecule has 1 aliphatic rings. The molecule has 4 heteroatoms. The summed E-state index contributed by atoms with van der Waals surface area (Å²) < 4.78 is 5.22. The highest BCUT2D eigenvalue weighted by atomic mass is 16.5. The van der Waals surface area contributed by atoms with Crippen molar-refractivity contribution in [2.45, 2.75) is 12.5 Å². The molecule has 0 bridgehead atoms. The number of amides is 1. The third-order valence-corrected chi connectivity index (χ3v) is 3.06. The summed E-state index contributed by atoms with van der Waals surface area (Å²) in [4.78, 5) is 24.4. The highest BCUT2D eigenvalue weighted by Gasteiger charge is 2.26. The molecular formula is C13H15NO3. The summed E-state index contributed by atoms with van der Waals surface area (Å²) in [6.07, 6.45) is 1.80. The highest BCUT2D eigenvalue weighted by molar-refractivity contribution is 5.95. The molecule has 1 amide bonds. The predicted octanol–water partition coefficient (Wildman–Crippen LogP) is 1.36. The monoisotopic (exact) mass is 233 g/mol. The summed E-state index contributed by atoms with van der Waals surface area (Å²) in [6.45, 7) is 1.37. The van der Waals surface area contributed by atoms with Gasteiger partial charge in [0.2, 0.25) is 0 Å². The average Bonchev–Trinajstić information content (AvgIpc) is 2.87. The normalized spacial score (nSPS) is 19.4. The van der Waals surface area contributed by atoms with Crippen molar-refractivity contribution >= 4 is 12.2 Å². The van der Waals surface area contributed by atoms with Crippen LogP contribution in [0.4, 0.5) is 0 Å². The lowest BCUT2D eigenvalue weighted by Gasteiger charge is -2.16. The molecule has 1 fully saturated rings. The van der Waals surface area contributed by atoms with E-state index in [2.05, 4.69) is 0 Å². The van der Waals surface area contributed by atoms with E-state index < -0.39 is 0 Å². The summed E-state index contributed by atoms with van der Waals surface area (Å²) in [5.74, 6) is 0.00185. The van der Waals surface area contributed by atoms with Gasteiger partial charge in [-0.05, 0) is 18.6 Å². The van der Waals surface area contributed by atoms with Gasteiger partial charge in [-0.25, -0.2) is 0 Å². The Kier molecular flexibility index (Phi) is 3.54. The van der Waals surface area contributed by atoms with Crippen LogP contribution in [0.3, 0.4) is 0 Å². The number of aldehydes is 1. The third-order valence-electron chi connectivity index (χ3n) is 3.06. The van der Waals surface area contributed by atoms with Gasteiger partial charge in [-0.2, -0.15) is 0 Å². The van der Waals surface area contributed by atoms with Crippen LogP contribution in [0.15, 0.2) is 24.3 Å². The van der Waals surface area contributed by atoms with E-state index in [1.807, 2.05) is 0 Å². The Morgan fingerprint density at radius 1 is 1.41 bits per heavy atom. The van der Waals surface area contributed by atoms with Crippen molar-refractivity contribution in [3.05, 3.63) is 35.4 Å². The van der Waals surface area contributed by atoms with E-state index in [1.54, 1.807) is 36.3 Å². The van der Waals surface area contributed by atoms with E-state index in [-0.39, 0.29) is 12.0 Å². The lowest BCUT2D eigenvalue weighted by molar-refractivity contribution is 0.0724. The molecule has 1 unspecified atom stereocenters. The Balaban J connectivity index is 2.06. The minimum atomic E-state index is 0.00185. The topological polar surface area (TPSA) is 46.6 Å². The summed E-state index contributed by atoms with van der Waals surface area (Å²) in [5, 5.41) is 0. The predicted molar refractivity (Wildman–Crippen MR) is 63.1 cm³/mol. The first-order chi connectivity index (χ1) is 8.24. The van der Waals surface area contributed by atoms with Gasteiger partial charge in [-0.1, -0.05) is 12.1 Å². The third kappa shape index (κ3) is 2.53. The van der Waals surface area contributed by atoms with Crippen LogP contribution in [0.2, 0.25) is 0 Å². The highest BCUT2D eigenvalue weighted by Crippen LogP contribution is 2.15. The van der Waals surface area contributed by atoms with Crippen LogP contribution < -0.4 is 0 Å². The summed E-state index contributed by atoms with van der Waals surface area (Å²) in [7, 11) is 1.66. The molecule has 1 saturated heterocycles. The zero-order valence-electron chi connectivity index (χ0n) is 9.76. The molecule has 1 aliphatic heterocycles. The fourth-order valence-electron chi connectivity index (χ4n) is 1.99. The minimum Gasteiger partial charge on any atom is -0.380 e. The molecule has 1 atom stereocenters. The fourth-order valence-corrected chi connectivity index (χ4v) is 1.99. The van der Waals surface area contributed by atoms with Crippen molar-refractivity contribution in [3.8, 4) is 0 Å². The number of carbonyl (C=O) groups excluding carboxylic acids is 2. The SMILES string of the molecule is COC1CCN(C(=O)c2ccc(C=O)cc2)C1. The molecule has 0 spiro atoms. The molecule has 90 valence electrons. The smallest absolute Gasteiger partial charge is 0.253 e. The van der Waals surface area contributed by atoms with Gasteiger partial charge in [-0.15, -0.1) is 0 Å². The molecule has 0 saturated carbocycles. The first kappa shape index (κ1) is 11.8. The van der Waals surface area contributed by atoms with E-state index in [4.69, 9.17) is 4.74 Å². The molecule has 2 rings (SSSR count). The fraction of sp³-hybridized carbons (Fsp3) is 0.385. The molecule has 0 N–H and O–H groups in total. The molecule has 0 aliphatic carbocycles. The Bertz CT molecular complexity index is 413. The van der Waals surface area contributed by atoms with Crippen LogP contribution in [0, 0.1) is 0 Å². The molecule has 0 radical (unpaired) electrons. The number of ether oxygens (including phenoxy) is 1. The maximum atomic E-state index is 12.1. The molecule has 17 heavy (non-hydrogen) atoms. The Morgan fingerprint density at radius 2 is 2.12 bits per heavy atom. The second-order valence-corrected chi connectivity index (χ2v) is 4.14. The quantitative estimate of drug-likeness (QED) is 0.740. The van der Waals surface area contributed by atoms with Crippen LogP contribution in [0.1, 0.15) is 27.1 Å². The van der Waals surface area contributed by atoms with E-state index >= 15 is 0 Å². The maximum absolute atomic E-state index is 12.1. The lowest BCUT2D eigenvalue weighted by atomic mass is 10.1. The molecule has 1 aromatic rings. The number of hydrogen-bond donors (Lipinski definition) is 0. The standard InChI is InChI=1S/C13H15NO3/c1-17-12-6-7-14(8-12)13(16)11-4-2-10(9-15)3-5-11/h2-5,9,12H,6-8H2,1H3. The van der Waals surface area contributed by atoms with Crippen molar-refractivity contribution in [1.29, 1.82) is 0 Å². The number of carbonyl (C=O) groups is 2. The van der Waals surface area contributed by atoms with Crippen molar-refractivity contribution in [1.82, 2.24) is 4.90 Å². The zero-order valence-corrected chi connectivity index (χ0v) is 9.76. The van der Waals surface area contributed by atoms with E-state index in [9.17, 15) is 9.59 Å². The van der Waals surface area contributed by atoms with Gasteiger partial charge in [0.15, 0.2) is 0 Å². The second-order valence-electron chi connectivity index (χ2n) is 4.14. The van der Waals surface area contributed by atoms with Crippen LogP contribution in [-0.2, 0) is 4.74 Å². The van der Waals surface area contributed by atoms with Crippen molar-refractivity contribution in [2.24, 2.45) is 0 Å². The summed E-state index contributed by atoms with van der Waals surface area (Å²) >= 11 is 0. The number of hydrogen-bond acceptors (Lipinski definition) is 3. The Labute approximate surface area is 100 Å². The molecule has 1 heterocycles. The molecular weight excluding hydrogens is 218 g/mol. The van der Waals surface area contributed by atoms with E-state index in [0.717, 1.165) is 19.3 Å². The molecule has 4 nitrogen and oxygen atoms in total. The second kappa shape index (κ2) is 5.10. The van der Waals surface area contributed by atoms with Crippen LogP contribution in [0.5, 0.6) is 0 Å². The Morgan fingerprint density at radius 3 is 2.65 bits per heavy atom. The average molecular weight is 233 g/mol. The number of nitrogens with zero attached hydrogens (tertiary/aromatic N) is 1. The van der Waals surface area contributed by atoms with Crippen LogP contribution in [-0.4, -0.2) is 43.4 Å². The minimum absolute atomic E-state index is 0.00185. The van der Waals surface area contributed by atoms with Crippen LogP contribution in [0.25, 0.3) is 0 Å². The van der Waals surface area contributed by atoms with Gasteiger partial charge in [0.25, 0.3) is 5.91 Å². The Hall–Kier alpha value is -1.68. The first-order valence-corrected chi connectivity index (χ1v) is 5.62. The van der Waals surface area contributed by atoms with Crippen LogP contribution >= 0.6 is 0 Å². The summed E-state index contributed by atoms with van der Waals surface area (Å²) in [6, 6.07) is 6.69. The van der Waals surface area contributed by atoms with E-state index in [0.29, 0.717) is 17.7 Å². The van der Waals surface area contributed by atoms with Gasteiger partial charge in [0.05, 0.1) is 6.10 Å². The van der Waals surface area contributed by atoms with Crippen molar-refractivity contribution in [2.75, 3.05) is 20.2 Å². The largest absolute Gasteiger partial charge is 0.380 e. The number of likely N-dealkylation sites (tertiary alicyclic amines) is 1. The number of rotatable bonds is 3. The van der Waals surface area contributed by atoms with Crippen molar-refractivity contribution < 1.29 is 14.3 Å². The molecule has 0 aromatic heterocycles. The van der Waals surface area contributed by atoms with Gasteiger partial charge in [-0.3, -0.25) is 9.59 Å². The zero-order chi connectivity index (χ0) is 12.3. The van der Waals surface area contributed by atoms with Crippen molar-refractivity contribution in [3.63, 3.8) is 0 Å². The lowest BCUT2D eigenvalue weighted by Crippen LogP contribution is -2.29. The van der Waals surface area contributed by atoms with E-state index in [1.165, 1.54) is 0 Å². The molecule has 1 aromatic carbocycles. The first-order valence-electron chi connectivity index (χ1n) is 5.62. The maximum Gasteiger partial charge on any atom is 0.253 e. The van der Waals surface area contributed by atoms with Gasteiger partial charge in [0, 0.05) is 31.3 Å². The van der Waals surface area contributed by atoms with Gasteiger partial charge in [0.1, 0.15) is 6.29 Å². The van der Waals surface area contributed by atoms with Gasteiger partial charge >= 0.3 is 0 Å².